The number of carbonyl (C=O) groups is 1. The van der Waals surface area contributed by atoms with Crippen LogP contribution in [0.2, 0.25) is 0 Å². The molecule has 0 saturated carbocycles. The van der Waals surface area contributed by atoms with Crippen LogP contribution in [0, 0.1) is 5.82 Å². The lowest BCUT2D eigenvalue weighted by Gasteiger charge is -2.13. The van der Waals surface area contributed by atoms with Crippen molar-refractivity contribution in [2.75, 3.05) is 13.2 Å². The fourth-order valence-electron chi connectivity index (χ4n) is 2.17. The third kappa shape index (κ3) is 4.72. The first-order valence-electron chi connectivity index (χ1n) is 8.07. The summed E-state index contributed by atoms with van der Waals surface area (Å²) in [4.78, 5) is 12.3. The summed E-state index contributed by atoms with van der Waals surface area (Å²) in [6.45, 7) is 5.07. The lowest BCUT2D eigenvalue weighted by atomic mass is 10.1. The van der Waals surface area contributed by atoms with E-state index in [0.29, 0.717) is 35.8 Å². The smallest absolute Gasteiger partial charge is 0.251 e. The van der Waals surface area contributed by atoms with Gasteiger partial charge in [-0.05, 0) is 37.6 Å². The summed E-state index contributed by atoms with van der Waals surface area (Å²) < 4.78 is 24.7. The predicted molar refractivity (Wildman–Crippen MR) is 91.0 cm³/mol. The van der Waals surface area contributed by atoms with E-state index in [9.17, 15) is 9.18 Å². The molecule has 4 nitrogen and oxygen atoms in total. The number of halogens is 1. The molecule has 0 saturated heterocycles. The normalized spacial score (nSPS) is 10.3. The molecular formula is C19H22FNO3. The van der Waals surface area contributed by atoms with Gasteiger partial charge in [0.05, 0.1) is 13.2 Å². The fraction of sp³-hybridized carbons (Fsp3) is 0.316. The SMILES string of the molecule is CCCOc1ccc(C(=O)NCc2ccccc2F)cc1OCC. The first kappa shape index (κ1) is 17.8. The summed E-state index contributed by atoms with van der Waals surface area (Å²) >= 11 is 0. The van der Waals surface area contributed by atoms with Crippen LogP contribution in [0.15, 0.2) is 42.5 Å². The number of ether oxygens (including phenoxy) is 2. The Bertz CT molecular complexity index is 688. The van der Waals surface area contributed by atoms with Crippen LogP contribution in [-0.4, -0.2) is 19.1 Å². The van der Waals surface area contributed by atoms with Crippen LogP contribution >= 0.6 is 0 Å². The van der Waals surface area contributed by atoms with Crippen LogP contribution in [0.5, 0.6) is 11.5 Å². The van der Waals surface area contributed by atoms with Crippen molar-refractivity contribution in [3.63, 3.8) is 0 Å². The number of hydrogen-bond donors (Lipinski definition) is 1. The first-order chi connectivity index (χ1) is 11.7. The molecule has 2 aromatic rings. The molecule has 0 fully saturated rings. The number of benzene rings is 2. The standard InChI is InChI=1S/C19H22FNO3/c1-3-11-24-17-10-9-14(12-18(17)23-4-2)19(22)21-13-15-7-5-6-8-16(15)20/h5-10,12H,3-4,11,13H2,1-2H3,(H,21,22). The summed E-state index contributed by atoms with van der Waals surface area (Å²) in [5.41, 5.74) is 0.886. The Morgan fingerprint density at radius 3 is 2.58 bits per heavy atom. The van der Waals surface area contributed by atoms with Gasteiger partial charge in [-0.25, -0.2) is 4.39 Å². The van der Waals surface area contributed by atoms with Crippen LogP contribution in [0.25, 0.3) is 0 Å². The van der Waals surface area contributed by atoms with Gasteiger partial charge in [-0.15, -0.1) is 0 Å². The molecule has 1 N–H and O–H groups in total. The largest absolute Gasteiger partial charge is 0.490 e. The van der Waals surface area contributed by atoms with E-state index in [2.05, 4.69) is 5.32 Å². The molecule has 2 rings (SSSR count). The molecule has 1 amide bonds. The van der Waals surface area contributed by atoms with E-state index in [1.54, 1.807) is 36.4 Å². The fourth-order valence-corrected chi connectivity index (χ4v) is 2.17. The van der Waals surface area contributed by atoms with Gasteiger partial charge in [0.2, 0.25) is 0 Å². The second kappa shape index (κ2) is 8.91. The molecule has 0 aliphatic rings. The van der Waals surface area contributed by atoms with Crippen LogP contribution in [-0.2, 0) is 6.54 Å². The van der Waals surface area contributed by atoms with Crippen molar-refractivity contribution in [1.29, 1.82) is 0 Å². The lowest BCUT2D eigenvalue weighted by Crippen LogP contribution is -2.23. The highest BCUT2D eigenvalue weighted by atomic mass is 19.1. The van der Waals surface area contributed by atoms with Gasteiger partial charge >= 0.3 is 0 Å². The van der Waals surface area contributed by atoms with Gasteiger partial charge in [-0.3, -0.25) is 4.79 Å². The maximum atomic E-state index is 13.6. The van der Waals surface area contributed by atoms with E-state index in [4.69, 9.17) is 9.47 Å². The molecule has 128 valence electrons. The number of nitrogens with one attached hydrogen (secondary N) is 1. The molecule has 2 aromatic carbocycles. The zero-order valence-electron chi connectivity index (χ0n) is 14.0. The van der Waals surface area contributed by atoms with Gasteiger partial charge in [0.1, 0.15) is 5.82 Å². The molecule has 0 radical (unpaired) electrons. The van der Waals surface area contributed by atoms with E-state index < -0.39 is 0 Å². The average molecular weight is 331 g/mol. The predicted octanol–water partition coefficient (Wildman–Crippen LogP) is 3.94. The van der Waals surface area contributed by atoms with E-state index >= 15 is 0 Å². The third-order valence-corrected chi connectivity index (χ3v) is 3.36. The second-order valence-corrected chi connectivity index (χ2v) is 5.22. The number of carbonyl (C=O) groups excluding carboxylic acids is 1. The second-order valence-electron chi connectivity index (χ2n) is 5.22. The van der Waals surface area contributed by atoms with Gasteiger partial charge in [0.25, 0.3) is 5.91 Å². The molecule has 0 aliphatic carbocycles. The third-order valence-electron chi connectivity index (χ3n) is 3.36. The Morgan fingerprint density at radius 2 is 1.88 bits per heavy atom. The molecule has 0 aliphatic heterocycles. The minimum atomic E-state index is -0.337. The average Bonchev–Trinajstić information content (AvgIpc) is 2.60. The lowest BCUT2D eigenvalue weighted by molar-refractivity contribution is 0.0950. The molecule has 0 spiro atoms. The van der Waals surface area contributed by atoms with E-state index in [1.807, 2.05) is 13.8 Å². The highest BCUT2D eigenvalue weighted by Gasteiger charge is 2.12. The van der Waals surface area contributed by atoms with Gasteiger partial charge in [0.15, 0.2) is 11.5 Å². The molecule has 0 aromatic heterocycles. The van der Waals surface area contributed by atoms with Crippen molar-refractivity contribution >= 4 is 5.91 Å². The van der Waals surface area contributed by atoms with Crippen LogP contribution in [0.1, 0.15) is 36.2 Å². The van der Waals surface area contributed by atoms with Gasteiger partial charge in [-0.2, -0.15) is 0 Å². The quantitative estimate of drug-likeness (QED) is 0.797. The van der Waals surface area contributed by atoms with Gasteiger partial charge in [-0.1, -0.05) is 25.1 Å². The van der Waals surface area contributed by atoms with Crippen molar-refractivity contribution in [1.82, 2.24) is 5.32 Å². The Hall–Kier alpha value is -2.56. The summed E-state index contributed by atoms with van der Waals surface area (Å²) in [6.07, 6.45) is 0.885. The van der Waals surface area contributed by atoms with E-state index in [-0.39, 0.29) is 18.3 Å². The molecule has 0 heterocycles. The molecule has 5 heteroatoms. The topological polar surface area (TPSA) is 47.6 Å². The van der Waals surface area contributed by atoms with Crippen LogP contribution in [0.3, 0.4) is 0 Å². The maximum absolute atomic E-state index is 13.6. The van der Waals surface area contributed by atoms with Crippen molar-refractivity contribution in [2.24, 2.45) is 0 Å². The number of rotatable bonds is 8. The Morgan fingerprint density at radius 1 is 1.08 bits per heavy atom. The number of hydrogen-bond acceptors (Lipinski definition) is 3. The Kier molecular flexibility index (Phi) is 6.61. The summed E-state index contributed by atoms with van der Waals surface area (Å²) in [6, 6.07) is 11.4. The first-order valence-corrected chi connectivity index (χ1v) is 8.07. The molecule has 24 heavy (non-hydrogen) atoms. The highest BCUT2D eigenvalue weighted by molar-refractivity contribution is 5.94. The Labute approximate surface area is 141 Å². The van der Waals surface area contributed by atoms with Crippen molar-refractivity contribution in [3.8, 4) is 11.5 Å². The number of amides is 1. The van der Waals surface area contributed by atoms with E-state index in [0.717, 1.165) is 6.42 Å². The minimum Gasteiger partial charge on any atom is -0.490 e. The summed E-state index contributed by atoms with van der Waals surface area (Å²) in [7, 11) is 0. The summed E-state index contributed by atoms with van der Waals surface area (Å²) in [5, 5.41) is 2.71. The van der Waals surface area contributed by atoms with Gasteiger partial charge < -0.3 is 14.8 Å². The van der Waals surface area contributed by atoms with Crippen molar-refractivity contribution in [3.05, 3.63) is 59.4 Å². The zero-order chi connectivity index (χ0) is 17.4. The maximum Gasteiger partial charge on any atom is 0.251 e. The minimum absolute atomic E-state index is 0.129. The Balaban J connectivity index is 2.08. The van der Waals surface area contributed by atoms with Gasteiger partial charge in [0, 0.05) is 17.7 Å². The molecule has 0 unspecified atom stereocenters. The van der Waals surface area contributed by atoms with Crippen LogP contribution in [0.4, 0.5) is 4.39 Å². The van der Waals surface area contributed by atoms with E-state index in [1.165, 1.54) is 6.07 Å². The molecule has 0 bridgehead atoms. The van der Waals surface area contributed by atoms with Crippen molar-refractivity contribution in [2.45, 2.75) is 26.8 Å². The molecule has 0 atom stereocenters. The molecular weight excluding hydrogens is 309 g/mol. The van der Waals surface area contributed by atoms with Crippen LogP contribution < -0.4 is 14.8 Å². The monoisotopic (exact) mass is 331 g/mol. The summed E-state index contributed by atoms with van der Waals surface area (Å²) in [5.74, 6) is 0.520. The van der Waals surface area contributed by atoms with Crippen molar-refractivity contribution < 1.29 is 18.7 Å². The zero-order valence-corrected chi connectivity index (χ0v) is 14.0. The highest BCUT2D eigenvalue weighted by Crippen LogP contribution is 2.28.